The molecule has 1 aliphatic heterocycles. The van der Waals surface area contributed by atoms with Crippen LogP contribution in [0.2, 0.25) is 0 Å². The average Bonchev–Trinajstić information content (AvgIpc) is 2.72. The number of nitrogens with one attached hydrogen (secondary N) is 1. The minimum atomic E-state index is -1.06. The molecule has 2 aromatic rings. The third-order valence-corrected chi connectivity index (χ3v) is 4.75. The van der Waals surface area contributed by atoms with Crippen molar-refractivity contribution in [2.24, 2.45) is 5.92 Å². The number of carbonyl (C=O) groups excluding carboxylic acids is 1. The third-order valence-electron chi connectivity index (χ3n) is 4.75. The molecule has 0 radical (unpaired) electrons. The molecular formula is C21H23NO5. The zero-order valence-corrected chi connectivity index (χ0v) is 15.2. The summed E-state index contributed by atoms with van der Waals surface area (Å²) in [5.74, 6) is -1.12. The smallest absolute Gasteiger partial charge is 0.339 e. The van der Waals surface area contributed by atoms with Crippen molar-refractivity contribution < 1.29 is 24.2 Å². The van der Waals surface area contributed by atoms with Crippen LogP contribution in [-0.2, 0) is 16.1 Å². The highest BCUT2D eigenvalue weighted by Crippen LogP contribution is 2.33. The van der Waals surface area contributed by atoms with Gasteiger partial charge in [-0.1, -0.05) is 36.4 Å². The highest BCUT2D eigenvalue weighted by molar-refractivity contribution is 5.91. The van der Waals surface area contributed by atoms with Crippen LogP contribution in [0.1, 0.15) is 40.4 Å². The lowest BCUT2D eigenvalue weighted by molar-refractivity contribution is -0.134. The first-order chi connectivity index (χ1) is 13.1. The average molecular weight is 369 g/mol. The number of hydrogen-bond acceptors (Lipinski definition) is 4. The summed E-state index contributed by atoms with van der Waals surface area (Å²) >= 11 is 0. The highest BCUT2D eigenvalue weighted by Gasteiger charge is 2.32. The van der Waals surface area contributed by atoms with E-state index in [0.29, 0.717) is 17.9 Å². The van der Waals surface area contributed by atoms with E-state index in [-0.39, 0.29) is 30.0 Å². The number of carboxylic acid groups (broad SMARTS) is 1. The van der Waals surface area contributed by atoms with Gasteiger partial charge in [0, 0.05) is 13.2 Å². The van der Waals surface area contributed by atoms with Gasteiger partial charge < -0.3 is 19.9 Å². The quantitative estimate of drug-likeness (QED) is 0.817. The van der Waals surface area contributed by atoms with Gasteiger partial charge in [-0.05, 0) is 36.1 Å². The van der Waals surface area contributed by atoms with Crippen LogP contribution < -0.4 is 10.1 Å². The van der Waals surface area contributed by atoms with E-state index in [1.165, 1.54) is 13.2 Å². The Labute approximate surface area is 158 Å². The Hall–Kier alpha value is -2.86. The zero-order valence-electron chi connectivity index (χ0n) is 15.2. The summed E-state index contributed by atoms with van der Waals surface area (Å²) in [5.41, 5.74) is 1.77. The van der Waals surface area contributed by atoms with Crippen LogP contribution in [0, 0.1) is 5.92 Å². The Morgan fingerprint density at radius 2 is 2.00 bits per heavy atom. The van der Waals surface area contributed by atoms with Crippen molar-refractivity contribution in [3.05, 3.63) is 65.2 Å². The largest absolute Gasteiger partial charge is 0.496 e. The molecule has 0 unspecified atom stereocenters. The monoisotopic (exact) mass is 369 g/mol. The molecule has 142 valence electrons. The van der Waals surface area contributed by atoms with E-state index in [1.54, 1.807) is 12.1 Å². The zero-order chi connectivity index (χ0) is 19.2. The normalized spacial score (nSPS) is 19.3. The number of hydrogen-bond donors (Lipinski definition) is 2. The van der Waals surface area contributed by atoms with Crippen LogP contribution in [0.15, 0.2) is 48.5 Å². The van der Waals surface area contributed by atoms with Crippen LogP contribution in [0.25, 0.3) is 0 Å². The van der Waals surface area contributed by atoms with Gasteiger partial charge in [-0.25, -0.2) is 4.79 Å². The number of amides is 1. The molecule has 1 aliphatic rings. The van der Waals surface area contributed by atoms with E-state index in [1.807, 2.05) is 30.3 Å². The number of carbonyl (C=O) groups is 2. The van der Waals surface area contributed by atoms with Crippen molar-refractivity contribution in [2.45, 2.75) is 25.5 Å². The number of rotatable bonds is 6. The number of aromatic carboxylic acids is 1. The summed E-state index contributed by atoms with van der Waals surface area (Å²) < 4.78 is 10.9. The van der Waals surface area contributed by atoms with Crippen LogP contribution in [0.4, 0.5) is 0 Å². The van der Waals surface area contributed by atoms with Gasteiger partial charge in [-0.15, -0.1) is 0 Å². The Kier molecular flexibility index (Phi) is 6.08. The second kappa shape index (κ2) is 8.68. The molecule has 3 rings (SSSR count). The maximum atomic E-state index is 12.8. The second-order valence-corrected chi connectivity index (χ2v) is 6.51. The Bertz CT molecular complexity index is 805. The standard InChI is InChI=1S/C21H23NO5/c1-26-18-10-9-14(12-17(18)21(24)25)13-22-20(23)16-8-5-11-27-19(16)15-6-3-2-4-7-15/h2-4,6-7,9-10,12,16,19H,5,8,11,13H2,1H3,(H,22,23)(H,24,25)/t16-,19+/m1/s1. The summed E-state index contributed by atoms with van der Waals surface area (Å²) in [7, 11) is 1.43. The maximum Gasteiger partial charge on any atom is 0.339 e. The Morgan fingerprint density at radius 3 is 2.70 bits per heavy atom. The molecule has 0 aliphatic carbocycles. The first-order valence-electron chi connectivity index (χ1n) is 8.94. The fourth-order valence-electron chi connectivity index (χ4n) is 3.37. The van der Waals surface area contributed by atoms with E-state index in [0.717, 1.165) is 18.4 Å². The predicted molar refractivity (Wildman–Crippen MR) is 99.7 cm³/mol. The second-order valence-electron chi connectivity index (χ2n) is 6.51. The fraction of sp³-hybridized carbons (Fsp3) is 0.333. The van der Waals surface area contributed by atoms with Crippen LogP contribution in [-0.4, -0.2) is 30.7 Å². The molecule has 0 saturated carbocycles. The Morgan fingerprint density at radius 1 is 1.22 bits per heavy atom. The minimum Gasteiger partial charge on any atom is -0.496 e. The molecule has 0 aromatic heterocycles. The van der Waals surface area contributed by atoms with Gasteiger partial charge in [0.2, 0.25) is 5.91 Å². The molecule has 6 nitrogen and oxygen atoms in total. The molecule has 27 heavy (non-hydrogen) atoms. The van der Waals surface area contributed by atoms with Crippen molar-refractivity contribution >= 4 is 11.9 Å². The number of methoxy groups -OCH3 is 1. The van der Waals surface area contributed by atoms with Gasteiger partial charge >= 0.3 is 5.97 Å². The first-order valence-corrected chi connectivity index (χ1v) is 8.94. The number of carboxylic acids is 1. The fourth-order valence-corrected chi connectivity index (χ4v) is 3.37. The third kappa shape index (κ3) is 4.46. The van der Waals surface area contributed by atoms with E-state index in [2.05, 4.69) is 5.32 Å². The molecule has 0 bridgehead atoms. The molecular weight excluding hydrogens is 346 g/mol. The number of ether oxygens (including phenoxy) is 2. The molecule has 2 aromatic carbocycles. The van der Waals surface area contributed by atoms with Gasteiger partial charge in [0.05, 0.1) is 19.1 Å². The molecule has 0 spiro atoms. The molecule has 6 heteroatoms. The van der Waals surface area contributed by atoms with Crippen molar-refractivity contribution in [2.75, 3.05) is 13.7 Å². The van der Waals surface area contributed by atoms with Crippen molar-refractivity contribution in [3.63, 3.8) is 0 Å². The van der Waals surface area contributed by atoms with E-state index < -0.39 is 5.97 Å². The predicted octanol–water partition coefficient (Wildman–Crippen LogP) is 3.18. The molecule has 2 N–H and O–H groups in total. The molecule has 1 amide bonds. The highest BCUT2D eigenvalue weighted by atomic mass is 16.5. The Balaban J connectivity index is 1.69. The van der Waals surface area contributed by atoms with Crippen LogP contribution in [0.5, 0.6) is 5.75 Å². The van der Waals surface area contributed by atoms with Crippen molar-refractivity contribution in [1.82, 2.24) is 5.32 Å². The molecule has 1 heterocycles. The molecule has 1 fully saturated rings. The van der Waals surface area contributed by atoms with Gasteiger partial charge in [-0.3, -0.25) is 4.79 Å². The topological polar surface area (TPSA) is 84.9 Å². The molecule has 1 saturated heterocycles. The van der Waals surface area contributed by atoms with Crippen molar-refractivity contribution in [3.8, 4) is 5.75 Å². The summed E-state index contributed by atoms with van der Waals surface area (Å²) in [6.45, 7) is 0.894. The van der Waals surface area contributed by atoms with E-state index >= 15 is 0 Å². The van der Waals surface area contributed by atoms with Gasteiger partial charge in [0.1, 0.15) is 11.3 Å². The SMILES string of the molecule is COc1ccc(CNC(=O)[C@@H]2CCCO[C@H]2c2ccccc2)cc1C(=O)O. The first kappa shape index (κ1) is 18.9. The van der Waals surface area contributed by atoms with Gasteiger partial charge in [0.25, 0.3) is 0 Å². The summed E-state index contributed by atoms with van der Waals surface area (Å²) in [5, 5.41) is 12.2. The lowest BCUT2D eigenvalue weighted by Gasteiger charge is -2.31. The maximum absolute atomic E-state index is 12.8. The van der Waals surface area contributed by atoms with Crippen LogP contribution in [0.3, 0.4) is 0 Å². The van der Waals surface area contributed by atoms with E-state index in [9.17, 15) is 14.7 Å². The summed E-state index contributed by atoms with van der Waals surface area (Å²) in [6, 6.07) is 14.6. The number of benzene rings is 2. The summed E-state index contributed by atoms with van der Waals surface area (Å²) in [6.07, 6.45) is 1.34. The lowest BCUT2D eigenvalue weighted by Crippen LogP contribution is -2.37. The van der Waals surface area contributed by atoms with Gasteiger partial charge in [0.15, 0.2) is 0 Å². The minimum absolute atomic E-state index is 0.0763. The van der Waals surface area contributed by atoms with Gasteiger partial charge in [-0.2, -0.15) is 0 Å². The summed E-state index contributed by atoms with van der Waals surface area (Å²) in [4.78, 5) is 24.1. The van der Waals surface area contributed by atoms with Crippen molar-refractivity contribution in [1.29, 1.82) is 0 Å². The van der Waals surface area contributed by atoms with Crippen LogP contribution >= 0.6 is 0 Å². The van der Waals surface area contributed by atoms with E-state index in [4.69, 9.17) is 9.47 Å². The lowest BCUT2D eigenvalue weighted by atomic mass is 9.88. The molecule has 2 atom stereocenters.